The van der Waals surface area contributed by atoms with Crippen LogP contribution in [0.1, 0.15) is 47.2 Å². The molecule has 0 bridgehead atoms. The Morgan fingerprint density at radius 3 is 2.67 bits per heavy atom. The first-order valence-electron chi connectivity index (χ1n) is 9.75. The van der Waals surface area contributed by atoms with Crippen LogP contribution in [0.2, 0.25) is 0 Å². The van der Waals surface area contributed by atoms with E-state index in [-0.39, 0.29) is 23.5 Å². The largest absolute Gasteiger partial charge is 0.345 e. The minimum atomic E-state index is -0.342. The molecule has 0 spiro atoms. The van der Waals surface area contributed by atoms with E-state index in [1.165, 1.54) is 12.1 Å². The van der Waals surface area contributed by atoms with Crippen molar-refractivity contribution in [3.63, 3.8) is 0 Å². The molecule has 1 N–H and O–H groups in total. The van der Waals surface area contributed by atoms with Crippen molar-refractivity contribution in [1.29, 1.82) is 0 Å². The first-order chi connectivity index (χ1) is 14.4. The molecule has 3 heterocycles. The van der Waals surface area contributed by atoms with Gasteiger partial charge in [-0.1, -0.05) is 5.16 Å². The van der Waals surface area contributed by atoms with Crippen LogP contribution < -0.4 is 5.32 Å². The van der Waals surface area contributed by atoms with Crippen LogP contribution in [0.5, 0.6) is 0 Å². The van der Waals surface area contributed by atoms with E-state index in [1.54, 1.807) is 31.3 Å². The Hall–Kier alpha value is -3.55. The van der Waals surface area contributed by atoms with Crippen LogP contribution in [0.15, 0.2) is 41.1 Å². The summed E-state index contributed by atoms with van der Waals surface area (Å²) in [7, 11) is 0. The van der Waals surface area contributed by atoms with Gasteiger partial charge in [0, 0.05) is 23.4 Å². The summed E-state index contributed by atoms with van der Waals surface area (Å²) in [6.45, 7) is 8.45. The second-order valence-corrected chi connectivity index (χ2v) is 7.21. The average molecular weight is 407 g/mol. The van der Waals surface area contributed by atoms with Crippen LogP contribution in [-0.4, -0.2) is 25.8 Å². The minimum Gasteiger partial charge on any atom is -0.345 e. The fourth-order valence-corrected chi connectivity index (χ4v) is 3.60. The number of benzene rings is 1. The highest BCUT2D eigenvalue weighted by Gasteiger charge is 2.22. The fraction of sp³-hybridized carbons (Fsp3) is 0.273. The van der Waals surface area contributed by atoms with E-state index < -0.39 is 0 Å². The molecule has 1 unspecified atom stereocenters. The van der Waals surface area contributed by atoms with Crippen molar-refractivity contribution < 1.29 is 13.7 Å². The van der Waals surface area contributed by atoms with Crippen LogP contribution in [0, 0.1) is 19.7 Å². The monoisotopic (exact) mass is 407 g/mol. The number of aromatic nitrogens is 4. The van der Waals surface area contributed by atoms with Gasteiger partial charge in [-0.2, -0.15) is 5.10 Å². The lowest BCUT2D eigenvalue weighted by Crippen LogP contribution is -2.27. The van der Waals surface area contributed by atoms with Crippen molar-refractivity contribution in [3.8, 4) is 11.3 Å². The number of nitrogens with one attached hydrogen (secondary N) is 1. The van der Waals surface area contributed by atoms with Crippen molar-refractivity contribution >= 4 is 17.0 Å². The smallest absolute Gasteiger partial charge is 0.259 e. The van der Waals surface area contributed by atoms with Crippen molar-refractivity contribution in [1.82, 2.24) is 25.2 Å². The number of carbonyl (C=O) groups is 1. The topological polar surface area (TPSA) is 85.8 Å². The van der Waals surface area contributed by atoms with Gasteiger partial charge in [-0.25, -0.2) is 9.37 Å². The van der Waals surface area contributed by atoms with E-state index in [0.29, 0.717) is 27.9 Å². The van der Waals surface area contributed by atoms with Gasteiger partial charge in [-0.15, -0.1) is 0 Å². The number of aryl methyl sites for hydroxylation is 2. The normalized spacial score (nSPS) is 12.3. The molecule has 0 radical (unpaired) electrons. The fourth-order valence-electron chi connectivity index (χ4n) is 3.60. The molecule has 4 aromatic rings. The van der Waals surface area contributed by atoms with E-state index >= 15 is 0 Å². The van der Waals surface area contributed by atoms with Gasteiger partial charge in [0.15, 0.2) is 0 Å². The number of carbonyl (C=O) groups excluding carboxylic acids is 1. The molecular weight excluding hydrogens is 385 g/mol. The lowest BCUT2D eigenvalue weighted by Gasteiger charge is -2.15. The van der Waals surface area contributed by atoms with Gasteiger partial charge in [0.2, 0.25) is 0 Å². The Morgan fingerprint density at radius 2 is 2.00 bits per heavy atom. The summed E-state index contributed by atoms with van der Waals surface area (Å²) in [4.78, 5) is 17.7. The highest BCUT2D eigenvalue weighted by atomic mass is 19.1. The zero-order valence-electron chi connectivity index (χ0n) is 17.2. The molecule has 4 rings (SSSR count). The van der Waals surface area contributed by atoms with Crippen molar-refractivity contribution in [3.05, 3.63) is 64.9 Å². The third kappa shape index (κ3) is 3.45. The number of pyridine rings is 1. The van der Waals surface area contributed by atoms with Gasteiger partial charge in [0.1, 0.15) is 5.82 Å². The first-order valence-corrected chi connectivity index (χ1v) is 9.75. The van der Waals surface area contributed by atoms with E-state index in [4.69, 9.17) is 4.52 Å². The maximum atomic E-state index is 13.3. The number of hydrogen-bond acceptors (Lipinski definition) is 5. The van der Waals surface area contributed by atoms with E-state index in [2.05, 4.69) is 20.6 Å². The number of fused-ring (bicyclic) bond motifs is 1. The number of amides is 1. The summed E-state index contributed by atoms with van der Waals surface area (Å²) in [6.07, 6.45) is 1.78. The van der Waals surface area contributed by atoms with Crippen LogP contribution >= 0.6 is 0 Å². The van der Waals surface area contributed by atoms with E-state index in [0.717, 1.165) is 17.8 Å². The molecule has 0 aliphatic heterocycles. The highest BCUT2D eigenvalue weighted by molar-refractivity contribution is 6.07. The van der Waals surface area contributed by atoms with Gasteiger partial charge in [-0.05, 0) is 58.0 Å². The molecule has 1 amide bonds. The second kappa shape index (κ2) is 7.70. The molecule has 30 heavy (non-hydrogen) atoms. The third-order valence-corrected chi connectivity index (χ3v) is 5.26. The molecule has 3 aromatic heterocycles. The van der Waals surface area contributed by atoms with E-state index in [1.807, 2.05) is 25.5 Å². The highest BCUT2D eigenvalue weighted by Crippen LogP contribution is 2.28. The Kier molecular flexibility index (Phi) is 5.07. The van der Waals surface area contributed by atoms with Crippen molar-refractivity contribution in [2.24, 2.45) is 0 Å². The van der Waals surface area contributed by atoms with Crippen LogP contribution in [0.4, 0.5) is 4.39 Å². The Labute approximate surface area is 172 Å². The quantitative estimate of drug-likeness (QED) is 0.531. The molecule has 0 aliphatic carbocycles. The standard InChI is InChI=1S/C22H22FN5O2/c1-5-28-14(4)18(11-24-28)12(2)25-21(29)17-10-19(15-6-8-16(23)9-7-15)26-22-20(17)13(3)27-30-22/h6-12H,5H2,1-4H3,(H,25,29). The summed E-state index contributed by atoms with van der Waals surface area (Å²) in [6, 6.07) is 7.37. The SMILES string of the molecule is CCn1ncc(C(C)NC(=O)c2cc(-c3ccc(F)cc3)nc3onc(C)c23)c1C. The maximum absolute atomic E-state index is 13.3. The van der Waals surface area contributed by atoms with Crippen LogP contribution in [0.25, 0.3) is 22.4 Å². The lowest BCUT2D eigenvalue weighted by atomic mass is 10.0. The summed E-state index contributed by atoms with van der Waals surface area (Å²) < 4.78 is 20.5. The molecular formula is C22H22FN5O2. The molecule has 154 valence electrons. The van der Waals surface area contributed by atoms with Gasteiger partial charge in [0.05, 0.1) is 34.6 Å². The molecule has 0 fully saturated rings. The maximum Gasteiger partial charge on any atom is 0.259 e. The summed E-state index contributed by atoms with van der Waals surface area (Å²) in [5.74, 6) is -0.613. The predicted molar refractivity (Wildman–Crippen MR) is 110 cm³/mol. The minimum absolute atomic E-state index is 0.240. The average Bonchev–Trinajstić information content (AvgIpc) is 3.30. The van der Waals surface area contributed by atoms with Crippen LogP contribution in [-0.2, 0) is 6.54 Å². The van der Waals surface area contributed by atoms with Gasteiger partial charge >= 0.3 is 0 Å². The number of hydrogen-bond donors (Lipinski definition) is 1. The third-order valence-electron chi connectivity index (χ3n) is 5.26. The van der Waals surface area contributed by atoms with Crippen LogP contribution in [0.3, 0.4) is 0 Å². The number of halogens is 1. The van der Waals surface area contributed by atoms with E-state index in [9.17, 15) is 9.18 Å². The zero-order valence-corrected chi connectivity index (χ0v) is 17.2. The predicted octanol–water partition coefficient (Wildman–Crippen LogP) is 4.35. The summed E-state index contributed by atoms with van der Waals surface area (Å²) in [5, 5.41) is 11.9. The molecule has 0 saturated heterocycles. The summed E-state index contributed by atoms with van der Waals surface area (Å²) >= 11 is 0. The van der Waals surface area contributed by atoms with Gasteiger partial charge < -0.3 is 9.84 Å². The number of nitrogens with zero attached hydrogens (tertiary/aromatic N) is 4. The molecule has 8 heteroatoms. The van der Waals surface area contributed by atoms with Crippen molar-refractivity contribution in [2.45, 2.75) is 40.3 Å². The molecule has 0 aliphatic rings. The molecule has 0 saturated carbocycles. The molecule has 1 atom stereocenters. The molecule has 1 aromatic carbocycles. The second-order valence-electron chi connectivity index (χ2n) is 7.21. The number of rotatable bonds is 5. The van der Waals surface area contributed by atoms with Gasteiger partial charge in [0.25, 0.3) is 11.6 Å². The Bertz CT molecular complexity index is 1230. The lowest BCUT2D eigenvalue weighted by molar-refractivity contribution is 0.0941. The zero-order chi connectivity index (χ0) is 21.4. The Balaban J connectivity index is 1.73. The Morgan fingerprint density at radius 1 is 1.27 bits per heavy atom. The first kappa shape index (κ1) is 19.8. The van der Waals surface area contributed by atoms with Crippen molar-refractivity contribution in [2.75, 3.05) is 0 Å². The van der Waals surface area contributed by atoms with Gasteiger partial charge in [-0.3, -0.25) is 9.48 Å². The summed E-state index contributed by atoms with van der Waals surface area (Å²) in [5.41, 5.74) is 4.40. The molecule has 7 nitrogen and oxygen atoms in total.